The van der Waals surface area contributed by atoms with E-state index in [1.165, 1.54) is 12.1 Å². The van der Waals surface area contributed by atoms with Gasteiger partial charge in [-0.15, -0.1) is 0 Å². The van der Waals surface area contributed by atoms with Crippen LogP contribution in [0.2, 0.25) is 5.02 Å². The minimum absolute atomic E-state index is 0.0271. The molecule has 5 nitrogen and oxygen atoms in total. The van der Waals surface area contributed by atoms with Gasteiger partial charge < -0.3 is 15.2 Å². The molecule has 7 heteroatoms. The number of rotatable bonds is 6. The van der Waals surface area contributed by atoms with Gasteiger partial charge in [-0.3, -0.25) is 4.79 Å². The molecule has 1 amide bonds. The molecule has 140 valence electrons. The Morgan fingerprint density at radius 2 is 1.92 bits per heavy atom. The number of carbonyl (C=O) groups is 2. The fourth-order valence-corrected chi connectivity index (χ4v) is 2.56. The molecule has 1 aromatic carbocycles. The predicted octanol–water partition coefficient (Wildman–Crippen LogP) is 4.42. The molecule has 2 N–H and O–H groups in total. The van der Waals surface area contributed by atoms with Gasteiger partial charge in [0, 0.05) is 0 Å². The van der Waals surface area contributed by atoms with Gasteiger partial charge in [-0.25, -0.2) is 9.18 Å². The van der Waals surface area contributed by atoms with Crippen LogP contribution in [0.1, 0.15) is 46.6 Å². The van der Waals surface area contributed by atoms with E-state index in [-0.39, 0.29) is 11.4 Å². The van der Waals surface area contributed by atoms with Crippen molar-refractivity contribution in [3.05, 3.63) is 34.6 Å². The van der Waals surface area contributed by atoms with Crippen molar-refractivity contribution in [3.63, 3.8) is 0 Å². The maximum atomic E-state index is 13.6. The maximum Gasteiger partial charge on any atom is 0.408 e. The Morgan fingerprint density at radius 1 is 1.32 bits per heavy atom. The summed E-state index contributed by atoms with van der Waals surface area (Å²) in [6, 6.07) is 4.17. The summed E-state index contributed by atoms with van der Waals surface area (Å²) in [4.78, 5) is 23.9. The van der Waals surface area contributed by atoms with Gasteiger partial charge in [0.05, 0.1) is 16.5 Å². The van der Waals surface area contributed by atoms with Crippen LogP contribution in [-0.2, 0) is 16.0 Å². The lowest BCUT2D eigenvalue weighted by molar-refractivity contribution is -0.144. The Hall–Kier alpha value is -1.82. The number of hydrogen-bond acceptors (Lipinski definition) is 3. The van der Waals surface area contributed by atoms with Crippen molar-refractivity contribution in [2.24, 2.45) is 5.92 Å². The van der Waals surface area contributed by atoms with Gasteiger partial charge in [0.25, 0.3) is 0 Å². The van der Waals surface area contributed by atoms with E-state index in [1.807, 2.05) is 0 Å². The number of aliphatic carboxylic acids is 1. The van der Waals surface area contributed by atoms with Crippen LogP contribution in [0.25, 0.3) is 0 Å². The largest absolute Gasteiger partial charge is 0.481 e. The van der Waals surface area contributed by atoms with Crippen LogP contribution < -0.4 is 5.32 Å². The topological polar surface area (TPSA) is 75.6 Å². The van der Waals surface area contributed by atoms with Gasteiger partial charge >= 0.3 is 12.1 Å². The van der Waals surface area contributed by atoms with Crippen molar-refractivity contribution in [2.75, 3.05) is 0 Å². The van der Waals surface area contributed by atoms with Crippen molar-refractivity contribution in [3.8, 4) is 0 Å². The summed E-state index contributed by atoms with van der Waals surface area (Å²) in [5.41, 5.74) is -1.28. The second-order valence-electron chi connectivity index (χ2n) is 7.24. The van der Waals surface area contributed by atoms with Gasteiger partial charge in [-0.2, -0.15) is 0 Å². The number of alkyl carbamates (subject to hydrolysis) is 1. The SMILES string of the molecule is CCC(C)(NC(=O)OC(C)(C)C)C(Cc1ccc(Cl)c(F)c1)C(=O)O. The maximum absolute atomic E-state index is 13.6. The standard InChI is InChI=1S/C18H25ClFNO4/c1-6-18(5,21-16(24)25-17(2,3)4)12(15(22)23)9-11-7-8-13(19)14(20)10-11/h7-8,10,12H,6,9H2,1-5H3,(H,21,24)(H,22,23). The molecular weight excluding hydrogens is 349 g/mol. The van der Waals surface area contributed by atoms with Gasteiger partial charge in [0.15, 0.2) is 0 Å². The zero-order chi connectivity index (χ0) is 19.4. The molecule has 1 rings (SSSR count). The molecule has 0 bridgehead atoms. The normalized spacial score (nSPS) is 15.2. The molecule has 2 unspecified atom stereocenters. The highest BCUT2D eigenvalue weighted by Gasteiger charge is 2.40. The number of ether oxygens (including phenoxy) is 1. The highest BCUT2D eigenvalue weighted by molar-refractivity contribution is 6.30. The third kappa shape index (κ3) is 6.20. The zero-order valence-corrected chi connectivity index (χ0v) is 15.9. The van der Waals surface area contributed by atoms with Crippen LogP contribution in [0.3, 0.4) is 0 Å². The number of carboxylic acids is 1. The van der Waals surface area contributed by atoms with E-state index in [2.05, 4.69) is 5.32 Å². The number of hydrogen-bond donors (Lipinski definition) is 2. The van der Waals surface area contributed by atoms with Gasteiger partial charge in [0.1, 0.15) is 11.4 Å². The highest BCUT2D eigenvalue weighted by Crippen LogP contribution is 2.27. The molecular formula is C18H25ClFNO4. The van der Waals surface area contributed by atoms with Crippen LogP contribution in [0, 0.1) is 11.7 Å². The number of amides is 1. The lowest BCUT2D eigenvalue weighted by Crippen LogP contribution is -2.55. The molecule has 0 aromatic heterocycles. The third-order valence-electron chi connectivity index (χ3n) is 4.01. The van der Waals surface area contributed by atoms with Crippen LogP contribution in [0.4, 0.5) is 9.18 Å². The van der Waals surface area contributed by atoms with Crippen LogP contribution >= 0.6 is 11.6 Å². The van der Waals surface area contributed by atoms with Crippen molar-refractivity contribution in [2.45, 2.75) is 58.6 Å². The first-order valence-electron chi connectivity index (χ1n) is 8.06. The summed E-state index contributed by atoms with van der Waals surface area (Å²) < 4.78 is 18.9. The van der Waals surface area contributed by atoms with Gasteiger partial charge in [-0.05, 0) is 58.2 Å². The monoisotopic (exact) mass is 373 g/mol. The van der Waals surface area contributed by atoms with Crippen molar-refractivity contribution in [1.82, 2.24) is 5.32 Å². The molecule has 25 heavy (non-hydrogen) atoms. The molecule has 0 heterocycles. The summed E-state index contributed by atoms with van der Waals surface area (Å²) in [5.74, 6) is -2.66. The molecule has 2 atom stereocenters. The molecule has 0 radical (unpaired) electrons. The van der Waals surface area contributed by atoms with E-state index in [9.17, 15) is 19.1 Å². The highest BCUT2D eigenvalue weighted by atomic mass is 35.5. The summed E-state index contributed by atoms with van der Waals surface area (Å²) >= 11 is 5.66. The molecule has 0 spiro atoms. The molecule has 0 aliphatic carbocycles. The van der Waals surface area contributed by atoms with Crippen LogP contribution in [0.5, 0.6) is 0 Å². The van der Waals surface area contributed by atoms with E-state index in [0.29, 0.717) is 12.0 Å². The number of benzene rings is 1. The van der Waals surface area contributed by atoms with Crippen LogP contribution in [-0.4, -0.2) is 28.3 Å². The number of halogens is 2. The first-order valence-corrected chi connectivity index (χ1v) is 8.43. The average Bonchev–Trinajstić information content (AvgIpc) is 2.45. The Labute approximate surface area is 152 Å². The van der Waals surface area contributed by atoms with E-state index < -0.39 is 34.9 Å². The number of nitrogens with one attached hydrogen (secondary N) is 1. The van der Waals surface area contributed by atoms with E-state index >= 15 is 0 Å². The molecule has 0 fully saturated rings. The minimum Gasteiger partial charge on any atom is -0.481 e. The van der Waals surface area contributed by atoms with E-state index in [4.69, 9.17) is 16.3 Å². The lowest BCUT2D eigenvalue weighted by atomic mass is 9.79. The summed E-state index contributed by atoms with van der Waals surface area (Å²) in [7, 11) is 0. The van der Waals surface area contributed by atoms with Crippen molar-refractivity contribution >= 4 is 23.7 Å². The first kappa shape index (κ1) is 21.2. The van der Waals surface area contributed by atoms with Crippen LogP contribution in [0.15, 0.2) is 18.2 Å². The second-order valence-corrected chi connectivity index (χ2v) is 7.65. The summed E-state index contributed by atoms with van der Waals surface area (Å²) in [5, 5.41) is 12.3. The van der Waals surface area contributed by atoms with E-state index in [1.54, 1.807) is 40.7 Å². The smallest absolute Gasteiger partial charge is 0.408 e. The average molecular weight is 374 g/mol. The Bertz CT molecular complexity index is 644. The Morgan fingerprint density at radius 3 is 2.36 bits per heavy atom. The predicted molar refractivity (Wildman–Crippen MR) is 94.3 cm³/mol. The molecule has 0 saturated carbocycles. The first-order chi connectivity index (χ1) is 11.4. The molecule has 0 aliphatic heterocycles. The molecule has 0 saturated heterocycles. The Kier molecular flexibility index (Phi) is 6.82. The Balaban J connectivity index is 3.04. The van der Waals surface area contributed by atoms with Gasteiger partial charge in [0.2, 0.25) is 0 Å². The van der Waals surface area contributed by atoms with Crippen molar-refractivity contribution in [1.29, 1.82) is 0 Å². The molecule has 1 aromatic rings. The zero-order valence-electron chi connectivity index (χ0n) is 15.2. The number of carboxylic acid groups (broad SMARTS) is 1. The summed E-state index contributed by atoms with van der Waals surface area (Å²) in [6.07, 6.45) is -0.284. The quantitative estimate of drug-likeness (QED) is 0.774. The molecule has 0 aliphatic rings. The van der Waals surface area contributed by atoms with Gasteiger partial charge in [-0.1, -0.05) is 24.6 Å². The third-order valence-corrected chi connectivity index (χ3v) is 4.32. The van der Waals surface area contributed by atoms with E-state index in [0.717, 1.165) is 0 Å². The number of carbonyl (C=O) groups excluding carboxylic acids is 1. The lowest BCUT2D eigenvalue weighted by Gasteiger charge is -2.36. The fraction of sp³-hybridized carbons (Fsp3) is 0.556. The summed E-state index contributed by atoms with van der Waals surface area (Å²) in [6.45, 7) is 8.58. The fourth-order valence-electron chi connectivity index (χ4n) is 2.45. The minimum atomic E-state index is -1.09. The second kappa shape index (κ2) is 8.04. The van der Waals surface area contributed by atoms with Crippen molar-refractivity contribution < 1.29 is 23.8 Å².